The number of fused-ring (bicyclic) bond motifs is 2. The van der Waals surface area contributed by atoms with Crippen LogP contribution >= 0.6 is 0 Å². The number of nitrogens with zero attached hydrogens (tertiary/aromatic N) is 2. The predicted molar refractivity (Wildman–Crippen MR) is 148 cm³/mol. The van der Waals surface area contributed by atoms with Gasteiger partial charge < -0.3 is 19.7 Å². The van der Waals surface area contributed by atoms with Gasteiger partial charge in [0, 0.05) is 23.5 Å². The molecule has 0 saturated heterocycles. The van der Waals surface area contributed by atoms with E-state index in [-0.39, 0.29) is 23.2 Å². The number of rotatable bonds is 9. The van der Waals surface area contributed by atoms with E-state index in [4.69, 9.17) is 9.72 Å². The average Bonchev–Trinajstić information content (AvgIpc) is 3.57. The second-order valence-electron chi connectivity index (χ2n) is 10.2. The lowest BCUT2D eigenvalue weighted by Crippen LogP contribution is -2.30. The molecule has 2 N–H and O–H groups in total. The van der Waals surface area contributed by atoms with Crippen LogP contribution in [-0.4, -0.2) is 47.9 Å². The van der Waals surface area contributed by atoms with E-state index in [0.717, 1.165) is 47.4 Å². The van der Waals surface area contributed by atoms with Crippen LogP contribution in [0.5, 0.6) is 5.75 Å². The number of hydrogen-bond acceptors (Lipinski definition) is 6. The van der Waals surface area contributed by atoms with Crippen molar-refractivity contribution in [1.82, 2.24) is 14.9 Å². The number of amides is 1. The van der Waals surface area contributed by atoms with Crippen LogP contribution in [0.1, 0.15) is 64.6 Å². The quantitative estimate of drug-likeness (QED) is 0.327. The molecule has 1 amide bonds. The van der Waals surface area contributed by atoms with Gasteiger partial charge in [0.2, 0.25) is 0 Å². The molecule has 6 rings (SSSR count). The highest BCUT2D eigenvalue weighted by atomic mass is 32.2. The number of imidazole rings is 1. The van der Waals surface area contributed by atoms with E-state index >= 15 is 0 Å². The van der Waals surface area contributed by atoms with Crippen molar-refractivity contribution in [3.63, 3.8) is 0 Å². The maximum atomic E-state index is 13.2. The lowest BCUT2D eigenvalue weighted by atomic mass is 10.1. The Labute approximate surface area is 227 Å². The molecular weight excluding hydrogens is 514 g/mol. The Morgan fingerprint density at radius 3 is 2.67 bits per heavy atom. The van der Waals surface area contributed by atoms with Gasteiger partial charge in [-0.25, -0.2) is 13.4 Å². The molecule has 1 fully saturated rings. The molecule has 9 heteroatoms. The third-order valence-corrected chi connectivity index (χ3v) is 9.37. The Kier molecular flexibility index (Phi) is 6.64. The molecule has 8 nitrogen and oxygen atoms in total. The van der Waals surface area contributed by atoms with E-state index in [1.807, 2.05) is 6.07 Å². The van der Waals surface area contributed by atoms with Crippen molar-refractivity contribution >= 4 is 26.8 Å². The predicted octanol–water partition coefficient (Wildman–Crippen LogP) is 4.15. The van der Waals surface area contributed by atoms with E-state index in [0.29, 0.717) is 30.2 Å². The zero-order valence-corrected chi connectivity index (χ0v) is 22.6. The molecule has 0 bridgehead atoms. The number of ether oxygens (including phenoxy) is 1. The largest absolute Gasteiger partial charge is 0.493 e. The van der Waals surface area contributed by atoms with Gasteiger partial charge in [-0.3, -0.25) is 4.79 Å². The number of benzene rings is 3. The Bertz CT molecular complexity index is 1660. The van der Waals surface area contributed by atoms with Gasteiger partial charge >= 0.3 is 0 Å². The number of nitrogens with one attached hydrogen (secondary N) is 1. The monoisotopic (exact) mass is 545 g/mol. The van der Waals surface area contributed by atoms with Crippen molar-refractivity contribution in [2.75, 3.05) is 19.0 Å². The van der Waals surface area contributed by atoms with Crippen LogP contribution in [0.4, 0.5) is 0 Å². The maximum Gasteiger partial charge on any atom is 0.251 e. The first-order valence-electron chi connectivity index (χ1n) is 13.4. The van der Waals surface area contributed by atoms with E-state index < -0.39 is 15.9 Å². The molecule has 1 aliphatic carbocycles. The molecule has 4 aromatic rings. The fraction of sp³-hybridized carbons (Fsp3) is 0.333. The van der Waals surface area contributed by atoms with E-state index in [1.165, 1.54) is 17.7 Å². The second kappa shape index (κ2) is 10.1. The van der Waals surface area contributed by atoms with Crippen LogP contribution in [0.15, 0.2) is 65.6 Å². The van der Waals surface area contributed by atoms with Crippen molar-refractivity contribution in [2.24, 2.45) is 0 Å². The van der Waals surface area contributed by atoms with Crippen molar-refractivity contribution in [3.05, 3.63) is 88.7 Å². The lowest BCUT2D eigenvalue weighted by Gasteiger charge is -2.17. The van der Waals surface area contributed by atoms with Crippen LogP contribution in [0, 0.1) is 0 Å². The molecule has 1 atom stereocenters. The molecule has 39 heavy (non-hydrogen) atoms. The fourth-order valence-corrected chi connectivity index (χ4v) is 6.12. The number of carbonyl (C=O) groups is 1. The molecule has 3 aromatic carbocycles. The summed E-state index contributed by atoms with van der Waals surface area (Å²) < 4.78 is 32.4. The minimum atomic E-state index is -3.33. The first-order valence-corrected chi connectivity index (χ1v) is 15.0. The summed E-state index contributed by atoms with van der Waals surface area (Å²) in [6.07, 6.45) is 3.14. The Balaban J connectivity index is 1.26. The second-order valence-corrected chi connectivity index (χ2v) is 12.5. The first kappa shape index (κ1) is 25.6. The van der Waals surface area contributed by atoms with Crippen LogP contribution in [0.25, 0.3) is 11.0 Å². The summed E-state index contributed by atoms with van der Waals surface area (Å²) >= 11 is 0. The zero-order chi connectivity index (χ0) is 27.1. The number of carbonyl (C=O) groups excluding carboxylic acids is 1. The highest BCUT2D eigenvalue weighted by Crippen LogP contribution is 2.41. The normalized spacial score (nSPS) is 15.6. The van der Waals surface area contributed by atoms with Gasteiger partial charge in [0.15, 0.2) is 9.84 Å². The van der Waals surface area contributed by atoms with Gasteiger partial charge in [-0.2, -0.15) is 0 Å². The fourth-order valence-electron chi connectivity index (χ4n) is 5.24. The highest BCUT2D eigenvalue weighted by Gasteiger charge is 2.30. The molecular formula is C30H31N3O5S. The van der Waals surface area contributed by atoms with Gasteiger partial charge in [0.1, 0.15) is 11.6 Å². The van der Waals surface area contributed by atoms with E-state index in [9.17, 15) is 18.3 Å². The SMILES string of the molecule is CCS(=O)(=O)c1ccc([C@H](CO)NC(=O)c2ccc3c(c2)nc(C2CC2)n3Cc2cccc3c2OCC3)cc1. The number of aliphatic hydroxyl groups excluding tert-OH is 1. The zero-order valence-electron chi connectivity index (χ0n) is 21.8. The maximum absolute atomic E-state index is 13.2. The Morgan fingerprint density at radius 2 is 1.95 bits per heavy atom. The van der Waals surface area contributed by atoms with Gasteiger partial charge in [-0.1, -0.05) is 37.3 Å². The lowest BCUT2D eigenvalue weighted by molar-refractivity contribution is 0.0916. The summed E-state index contributed by atoms with van der Waals surface area (Å²) in [4.78, 5) is 18.4. The average molecular weight is 546 g/mol. The van der Waals surface area contributed by atoms with E-state index in [1.54, 1.807) is 31.2 Å². The van der Waals surface area contributed by atoms with Crippen molar-refractivity contribution in [1.29, 1.82) is 0 Å². The molecule has 1 saturated carbocycles. The molecule has 0 spiro atoms. The van der Waals surface area contributed by atoms with Gasteiger partial charge in [0.25, 0.3) is 5.91 Å². The molecule has 202 valence electrons. The Morgan fingerprint density at radius 1 is 1.15 bits per heavy atom. The number of sulfone groups is 1. The van der Waals surface area contributed by atoms with Gasteiger partial charge in [-0.15, -0.1) is 0 Å². The third-order valence-electron chi connectivity index (χ3n) is 7.62. The number of hydrogen-bond donors (Lipinski definition) is 2. The van der Waals surface area contributed by atoms with Crippen molar-refractivity contribution in [2.45, 2.75) is 49.6 Å². The molecule has 2 aliphatic rings. The molecule has 1 aromatic heterocycles. The van der Waals surface area contributed by atoms with Crippen molar-refractivity contribution < 1.29 is 23.1 Å². The highest BCUT2D eigenvalue weighted by molar-refractivity contribution is 7.91. The minimum Gasteiger partial charge on any atom is -0.493 e. The van der Waals surface area contributed by atoms with Crippen LogP contribution in [-0.2, 0) is 22.8 Å². The summed E-state index contributed by atoms with van der Waals surface area (Å²) in [5, 5.41) is 12.8. The summed E-state index contributed by atoms with van der Waals surface area (Å²) in [6, 6.07) is 17.4. The topological polar surface area (TPSA) is 111 Å². The smallest absolute Gasteiger partial charge is 0.251 e. The van der Waals surface area contributed by atoms with Crippen LogP contribution < -0.4 is 10.1 Å². The number of aromatic nitrogens is 2. The Hall–Kier alpha value is -3.69. The molecule has 0 radical (unpaired) electrons. The summed E-state index contributed by atoms with van der Waals surface area (Å²) in [6.45, 7) is 2.64. The first-order chi connectivity index (χ1) is 18.9. The van der Waals surface area contributed by atoms with E-state index in [2.05, 4.69) is 28.1 Å². The van der Waals surface area contributed by atoms with Gasteiger partial charge in [-0.05, 0) is 54.3 Å². The molecule has 0 unspecified atom stereocenters. The summed E-state index contributed by atoms with van der Waals surface area (Å²) in [5.41, 5.74) is 5.17. The third kappa shape index (κ3) is 4.92. The van der Waals surface area contributed by atoms with Crippen LogP contribution in [0.3, 0.4) is 0 Å². The molecule has 2 heterocycles. The summed E-state index contributed by atoms with van der Waals surface area (Å²) in [5.74, 6) is 2.11. The van der Waals surface area contributed by atoms with Crippen molar-refractivity contribution in [3.8, 4) is 5.75 Å². The van der Waals surface area contributed by atoms with Crippen LogP contribution in [0.2, 0.25) is 0 Å². The van der Waals surface area contributed by atoms with Gasteiger partial charge in [0.05, 0.1) is 47.5 Å². The molecule has 1 aliphatic heterocycles. The minimum absolute atomic E-state index is 0.00847. The summed E-state index contributed by atoms with van der Waals surface area (Å²) in [7, 11) is -3.33. The standard InChI is InChI=1S/C30H31N3O5S/c1-2-39(36,37)24-11-8-19(9-12-24)26(18-34)32-30(35)22-10-13-27-25(16-22)31-29(21-6-7-21)33(27)17-23-5-3-4-20-14-15-38-28(20)23/h3-5,8-13,16,21,26,34H,2,6-7,14-15,17-18H2,1H3,(H,32,35)/t26-/m0/s1. The number of para-hydroxylation sites is 1. The number of aliphatic hydroxyl groups is 1.